The Morgan fingerprint density at radius 1 is 0.625 bits per heavy atom. The van der Waals surface area contributed by atoms with E-state index in [9.17, 15) is 0 Å². The third-order valence-electron chi connectivity index (χ3n) is 5.34. The van der Waals surface area contributed by atoms with E-state index in [1.54, 1.807) is 0 Å². The second kappa shape index (κ2) is 9.37. The Hall–Kier alpha value is -3.44. The Balaban J connectivity index is 1.76. The first-order valence-electron chi connectivity index (χ1n) is 10.5. The molecule has 5 aromatic rings. The van der Waals surface area contributed by atoms with Crippen molar-refractivity contribution in [3.05, 3.63) is 130 Å². The molecule has 0 bridgehead atoms. The highest BCUT2D eigenvalue weighted by molar-refractivity contribution is 14.1. The van der Waals surface area contributed by atoms with Gasteiger partial charge in [-0.15, -0.1) is 0 Å². The van der Waals surface area contributed by atoms with E-state index in [2.05, 4.69) is 136 Å². The Morgan fingerprint density at radius 2 is 1.19 bits per heavy atom. The molecule has 1 aromatic heterocycles. The molecule has 3 heteroatoms. The van der Waals surface area contributed by atoms with Crippen LogP contribution >= 0.6 is 22.6 Å². The molecule has 0 amide bonds. The fourth-order valence-electron chi connectivity index (χ4n) is 3.86. The van der Waals surface area contributed by atoms with Gasteiger partial charge in [0, 0.05) is 21.0 Å². The number of hydrogen-bond acceptors (Lipinski definition) is 1. The van der Waals surface area contributed by atoms with E-state index in [4.69, 9.17) is 4.99 Å². The van der Waals surface area contributed by atoms with Crippen molar-refractivity contribution < 1.29 is 0 Å². The van der Waals surface area contributed by atoms with Gasteiger partial charge in [0.15, 0.2) is 0 Å². The number of para-hydroxylation sites is 1. The van der Waals surface area contributed by atoms with Gasteiger partial charge < -0.3 is 4.57 Å². The molecule has 0 fully saturated rings. The van der Waals surface area contributed by atoms with Gasteiger partial charge in [-0.2, -0.15) is 0 Å². The van der Waals surface area contributed by atoms with Crippen LogP contribution in [0.1, 0.15) is 5.56 Å². The predicted octanol–water partition coefficient (Wildman–Crippen LogP) is 8.17. The summed E-state index contributed by atoms with van der Waals surface area (Å²) in [5, 5.41) is 0. The van der Waals surface area contributed by atoms with Gasteiger partial charge in [0.25, 0.3) is 0 Å². The third kappa shape index (κ3) is 4.30. The summed E-state index contributed by atoms with van der Waals surface area (Å²) in [7, 11) is 0. The summed E-state index contributed by atoms with van der Waals surface area (Å²) in [4.78, 5) is 4.80. The van der Waals surface area contributed by atoms with E-state index in [1.165, 1.54) is 9.13 Å². The molecule has 0 radical (unpaired) electrons. The first-order chi connectivity index (χ1) is 15.8. The molecule has 154 valence electrons. The standard InChI is InChI=1S/C29H21IN2/c30-25-16-18-26(19-17-25)31-21-24-20-28(22-10-4-1-5-11-22)32(27-14-8-3-9-15-27)29(24)23-12-6-2-7-13-23/h1-21H. The van der Waals surface area contributed by atoms with Crippen LogP contribution in [0.15, 0.2) is 126 Å². The number of aromatic nitrogens is 1. The average Bonchev–Trinajstić information content (AvgIpc) is 3.25. The number of benzene rings is 4. The maximum atomic E-state index is 4.80. The highest BCUT2D eigenvalue weighted by atomic mass is 127. The number of aliphatic imine (C=N–C) groups is 1. The van der Waals surface area contributed by atoms with Crippen molar-refractivity contribution in [2.75, 3.05) is 0 Å². The molecule has 5 rings (SSSR count). The fourth-order valence-corrected chi connectivity index (χ4v) is 4.22. The first-order valence-corrected chi connectivity index (χ1v) is 11.6. The molecule has 0 saturated carbocycles. The summed E-state index contributed by atoms with van der Waals surface area (Å²) in [5.74, 6) is 0. The van der Waals surface area contributed by atoms with Crippen LogP contribution in [0.2, 0.25) is 0 Å². The third-order valence-corrected chi connectivity index (χ3v) is 6.06. The van der Waals surface area contributed by atoms with Crippen LogP contribution in [0.25, 0.3) is 28.2 Å². The van der Waals surface area contributed by atoms with Crippen LogP contribution in [0.3, 0.4) is 0 Å². The summed E-state index contributed by atoms with van der Waals surface area (Å²) in [6.45, 7) is 0. The Morgan fingerprint density at radius 3 is 1.81 bits per heavy atom. The Bertz CT molecular complexity index is 1340. The lowest BCUT2D eigenvalue weighted by molar-refractivity contribution is 1.09. The number of halogens is 1. The van der Waals surface area contributed by atoms with E-state index in [0.717, 1.165) is 33.9 Å². The zero-order valence-corrected chi connectivity index (χ0v) is 19.6. The summed E-state index contributed by atoms with van der Waals surface area (Å²) in [6.07, 6.45) is 1.98. The number of nitrogens with zero attached hydrogens (tertiary/aromatic N) is 2. The second-order valence-electron chi connectivity index (χ2n) is 7.47. The molecule has 2 nitrogen and oxygen atoms in total. The van der Waals surface area contributed by atoms with Gasteiger partial charge >= 0.3 is 0 Å². The molecule has 0 aliphatic rings. The lowest BCUT2D eigenvalue weighted by atomic mass is 10.1. The zero-order chi connectivity index (χ0) is 21.8. The molecule has 0 N–H and O–H groups in total. The minimum atomic E-state index is 0.943. The summed E-state index contributed by atoms with van der Waals surface area (Å²) in [5.41, 5.74) is 7.74. The molecule has 4 aromatic carbocycles. The minimum absolute atomic E-state index is 0.943. The second-order valence-corrected chi connectivity index (χ2v) is 8.72. The van der Waals surface area contributed by atoms with Gasteiger partial charge in [-0.3, -0.25) is 4.99 Å². The minimum Gasteiger partial charge on any atom is -0.309 e. The quantitative estimate of drug-likeness (QED) is 0.163. The zero-order valence-electron chi connectivity index (χ0n) is 17.4. The van der Waals surface area contributed by atoms with Crippen molar-refractivity contribution in [3.8, 4) is 28.2 Å². The maximum Gasteiger partial charge on any atom is 0.0630 e. The first kappa shape index (κ1) is 20.5. The van der Waals surface area contributed by atoms with E-state index in [-0.39, 0.29) is 0 Å². The Kier molecular flexibility index (Phi) is 5.99. The van der Waals surface area contributed by atoms with Gasteiger partial charge in [-0.1, -0.05) is 78.9 Å². The molecule has 1 heterocycles. The highest BCUT2D eigenvalue weighted by Gasteiger charge is 2.18. The van der Waals surface area contributed by atoms with Crippen LogP contribution in [0, 0.1) is 3.57 Å². The normalized spacial score (nSPS) is 11.2. The smallest absolute Gasteiger partial charge is 0.0630 e. The van der Waals surface area contributed by atoms with Crippen molar-refractivity contribution in [1.82, 2.24) is 4.57 Å². The Labute approximate surface area is 202 Å². The van der Waals surface area contributed by atoms with Crippen LogP contribution in [0.4, 0.5) is 5.69 Å². The van der Waals surface area contributed by atoms with Crippen molar-refractivity contribution in [3.63, 3.8) is 0 Å². The van der Waals surface area contributed by atoms with Crippen LogP contribution in [-0.2, 0) is 0 Å². The predicted molar refractivity (Wildman–Crippen MR) is 143 cm³/mol. The van der Waals surface area contributed by atoms with Crippen molar-refractivity contribution in [1.29, 1.82) is 0 Å². The lowest BCUT2D eigenvalue weighted by Gasteiger charge is -2.15. The van der Waals surface area contributed by atoms with E-state index in [1.807, 2.05) is 18.3 Å². The average molecular weight is 524 g/mol. The topological polar surface area (TPSA) is 17.3 Å². The summed E-state index contributed by atoms with van der Waals surface area (Å²) >= 11 is 2.31. The summed E-state index contributed by atoms with van der Waals surface area (Å²) < 4.78 is 3.54. The molecule has 0 aliphatic carbocycles. The molecular formula is C29H21IN2. The molecule has 0 unspecified atom stereocenters. The molecule has 0 atom stereocenters. The lowest BCUT2D eigenvalue weighted by Crippen LogP contribution is -2.00. The van der Waals surface area contributed by atoms with Crippen molar-refractivity contribution in [2.24, 2.45) is 4.99 Å². The van der Waals surface area contributed by atoms with Crippen molar-refractivity contribution >= 4 is 34.5 Å². The van der Waals surface area contributed by atoms with Gasteiger partial charge in [-0.05, 0) is 76.2 Å². The number of hydrogen-bond donors (Lipinski definition) is 0. The van der Waals surface area contributed by atoms with Crippen LogP contribution in [0.5, 0.6) is 0 Å². The fraction of sp³-hybridized carbons (Fsp3) is 0. The molecule has 0 aliphatic heterocycles. The number of rotatable bonds is 5. The highest BCUT2D eigenvalue weighted by Crippen LogP contribution is 2.35. The van der Waals surface area contributed by atoms with Gasteiger partial charge in [0.1, 0.15) is 0 Å². The van der Waals surface area contributed by atoms with E-state index < -0.39 is 0 Å². The van der Waals surface area contributed by atoms with Gasteiger partial charge in [0.05, 0.1) is 17.1 Å². The molecular weight excluding hydrogens is 503 g/mol. The van der Waals surface area contributed by atoms with Crippen molar-refractivity contribution in [2.45, 2.75) is 0 Å². The largest absolute Gasteiger partial charge is 0.309 e. The molecule has 0 spiro atoms. The van der Waals surface area contributed by atoms with E-state index in [0.29, 0.717) is 0 Å². The monoisotopic (exact) mass is 524 g/mol. The van der Waals surface area contributed by atoms with Crippen LogP contribution < -0.4 is 0 Å². The SMILES string of the molecule is Ic1ccc(N=Cc2cc(-c3ccccc3)n(-c3ccccc3)c2-c2ccccc2)cc1. The molecule has 0 saturated heterocycles. The van der Waals surface area contributed by atoms with Gasteiger partial charge in [-0.25, -0.2) is 0 Å². The maximum absolute atomic E-state index is 4.80. The van der Waals surface area contributed by atoms with E-state index >= 15 is 0 Å². The summed E-state index contributed by atoms with van der Waals surface area (Å²) in [6, 6.07) is 42.1. The van der Waals surface area contributed by atoms with Gasteiger partial charge in [0.2, 0.25) is 0 Å². The van der Waals surface area contributed by atoms with Crippen LogP contribution in [-0.4, -0.2) is 10.8 Å². The molecule has 32 heavy (non-hydrogen) atoms.